The minimum Gasteiger partial charge on any atom is -0.301 e. The Kier molecular flexibility index (Phi) is 7.24. The molecule has 0 saturated carbocycles. The lowest BCUT2D eigenvalue weighted by Crippen LogP contribution is -2.38. The van der Waals surface area contributed by atoms with Gasteiger partial charge in [0.05, 0.1) is 17.1 Å². The molecule has 9 heteroatoms. The van der Waals surface area contributed by atoms with Crippen LogP contribution >= 0.6 is 11.3 Å². The van der Waals surface area contributed by atoms with Crippen LogP contribution in [0.25, 0.3) is 0 Å². The molecule has 26 heavy (non-hydrogen) atoms. The lowest BCUT2D eigenvalue weighted by atomic mass is 10.2. The van der Waals surface area contributed by atoms with E-state index in [0.29, 0.717) is 11.6 Å². The topological polar surface area (TPSA) is 79.4 Å². The second kappa shape index (κ2) is 9.20. The van der Waals surface area contributed by atoms with Gasteiger partial charge in [-0.15, -0.1) is 11.3 Å². The number of hydrogen-bond donors (Lipinski definition) is 1. The van der Waals surface area contributed by atoms with E-state index in [1.807, 2.05) is 13.8 Å². The van der Waals surface area contributed by atoms with Gasteiger partial charge in [-0.3, -0.25) is 4.79 Å². The Morgan fingerprint density at radius 1 is 1.27 bits per heavy atom. The van der Waals surface area contributed by atoms with Gasteiger partial charge in [0, 0.05) is 11.9 Å². The average molecular weight is 400 g/mol. The van der Waals surface area contributed by atoms with E-state index in [2.05, 4.69) is 10.3 Å². The summed E-state index contributed by atoms with van der Waals surface area (Å²) in [6.45, 7) is 3.72. The molecule has 1 N–H and O–H groups in total. The third-order valence-electron chi connectivity index (χ3n) is 3.65. The number of halogens is 1. The number of hydrogen-bond acceptors (Lipinski definition) is 5. The molecule has 1 heterocycles. The summed E-state index contributed by atoms with van der Waals surface area (Å²) >= 11 is 1.28. The van der Waals surface area contributed by atoms with Crippen molar-refractivity contribution in [2.75, 3.05) is 18.4 Å². The molecule has 0 atom stereocenters. The Balaban J connectivity index is 2.15. The zero-order chi connectivity index (χ0) is 19.2. The normalized spacial score (nSPS) is 11.7. The number of anilines is 1. The first kappa shape index (κ1) is 20.5. The SMILES string of the molecule is CCCCCN(CC(=O)Nc1nc(C)cs1)S(=O)(=O)c1ccc(F)cc1. The number of aromatic nitrogens is 1. The van der Waals surface area contributed by atoms with Crippen molar-refractivity contribution in [1.29, 1.82) is 0 Å². The number of unbranched alkanes of at least 4 members (excludes halogenated alkanes) is 2. The van der Waals surface area contributed by atoms with Gasteiger partial charge in [0.25, 0.3) is 0 Å². The molecule has 1 aromatic heterocycles. The number of amides is 1. The summed E-state index contributed by atoms with van der Waals surface area (Å²) in [5.41, 5.74) is 0.782. The van der Waals surface area contributed by atoms with Gasteiger partial charge in [0.1, 0.15) is 5.82 Å². The van der Waals surface area contributed by atoms with Gasteiger partial charge in [0.15, 0.2) is 5.13 Å². The number of aryl methyl sites for hydroxylation is 1. The first-order valence-corrected chi connectivity index (χ1v) is 10.6. The molecule has 142 valence electrons. The minimum atomic E-state index is -3.89. The van der Waals surface area contributed by atoms with E-state index in [-0.39, 0.29) is 18.0 Å². The number of nitrogens with zero attached hydrogens (tertiary/aromatic N) is 2. The molecule has 1 aromatic carbocycles. The Labute approximate surface area is 157 Å². The molecule has 2 aromatic rings. The maximum absolute atomic E-state index is 13.1. The smallest absolute Gasteiger partial charge is 0.243 e. The van der Waals surface area contributed by atoms with E-state index in [1.54, 1.807) is 5.38 Å². The standard InChI is InChI=1S/C17H22FN3O3S2/c1-3-4-5-10-21(11-16(22)20-17-19-13(2)12-25-17)26(23,24)15-8-6-14(18)7-9-15/h6-9,12H,3-5,10-11H2,1-2H3,(H,19,20,22). The summed E-state index contributed by atoms with van der Waals surface area (Å²) in [5, 5.41) is 4.84. The lowest BCUT2D eigenvalue weighted by molar-refractivity contribution is -0.116. The van der Waals surface area contributed by atoms with Gasteiger partial charge < -0.3 is 5.32 Å². The van der Waals surface area contributed by atoms with Gasteiger partial charge >= 0.3 is 0 Å². The third kappa shape index (κ3) is 5.58. The second-order valence-electron chi connectivity index (χ2n) is 5.84. The number of nitrogens with one attached hydrogen (secondary N) is 1. The molecule has 1 amide bonds. The third-order valence-corrected chi connectivity index (χ3v) is 6.38. The zero-order valence-corrected chi connectivity index (χ0v) is 16.4. The molecule has 0 bridgehead atoms. The molecule has 0 saturated heterocycles. The predicted molar refractivity (Wildman–Crippen MR) is 100 cm³/mol. The van der Waals surface area contributed by atoms with Crippen molar-refractivity contribution in [2.45, 2.75) is 38.0 Å². The molecule has 6 nitrogen and oxygen atoms in total. The van der Waals surface area contributed by atoms with Crippen LogP contribution in [0.1, 0.15) is 31.9 Å². The summed E-state index contributed by atoms with van der Waals surface area (Å²) in [5.74, 6) is -0.972. The fourth-order valence-electron chi connectivity index (χ4n) is 2.31. The Morgan fingerprint density at radius 3 is 2.54 bits per heavy atom. The summed E-state index contributed by atoms with van der Waals surface area (Å²) in [4.78, 5) is 16.4. The fourth-order valence-corrected chi connectivity index (χ4v) is 4.45. The van der Waals surface area contributed by atoms with Crippen LogP contribution in [0.5, 0.6) is 0 Å². The molecule has 0 spiro atoms. The number of carbonyl (C=O) groups excluding carboxylic acids is 1. The molecule has 0 aliphatic carbocycles. The van der Waals surface area contributed by atoms with Crippen molar-refractivity contribution in [3.63, 3.8) is 0 Å². The highest BCUT2D eigenvalue weighted by Crippen LogP contribution is 2.18. The second-order valence-corrected chi connectivity index (χ2v) is 8.64. The molecule has 0 aliphatic rings. The molecule has 0 fully saturated rings. The highest BCUT2D eigenvalue weighted by Gasteiger charge is 2.26. The lowest BCUT2D eigenvalue weighted by Gasteiger charge is -2.21. The van der Waals surface area contributed by atoms with Crippen molar-refractivity contribution >= 4 is 32.4 Å². The Hall–Kier alpha value is -1.84. The van der Waals surface area contributed by atoms with Gasteiger partial charge in [-0.1, -0.05) is 19.8 Å². The van der Waals surface area contributed by atoms with Crippen molar-refractivity contribution in [3.05, 3.63) is 41.2 Å². The molecular weight excluding hydrogens is 377 g/mol. The van der Waals surface area contributed by atoms with E-state index in [4.69, 9.17) is 0 Å². The molecule has 2 rings (SSSR count). The van der Waals surface area contributed by atoms with Crippen LogP contribution in [0, 0.1) is 12.7 Å². The molecule has 0 radical (unpaired) electrons. The molecule has 0 unspecified atom stereocenters. The zero-order valence-electron chi connectivity index (χ0n) is 14.7. The fraction of sp³-hybridized carbons (Fsp3) is 0.412. The summed E-state index contributed by atoms with van der Waals surface area (Å²) in [6.07, 6.45) is 2.42. The summed E-state index contributed by atoms with van der Waals surface area (Å²) in [6, 6.07) is 4.60. The van der Waals surface area contributed by atoms with Gasteiger partial charge in [-0.25, -0.2) is 17.8 Å². The average Bonchev–Trinajstić information content (AvgIpc) is 2.99. The van der Waals surface area contributed by atoms with Crippen molar-refractivity contribution < 1.29 is 17.6 Å². The van der Waals surface area contributed by atoms with Crippen LogP contribution in [0.3, 0.4) is 0 Å². The Bertz CT molecular complexity index is 835. The molecular formula is C17H22FN3O3S2. The highest BCUT2D eigenvalue weighted by atomic mass is 32.2. The predicted octanol–water partition coefficient (Wildman–Crippen LogP) is 3.41. The van der Waals surface area contributed by atoms with Crippen molar-refractivity contribution in [2.24, 2.45) is 0 Å². The maximum Gasteiger partial charge on any atom is 0.243 e. The van der Waals surface area contributed by atoms with Crippen molar-refractivity contribution in [3.8, 4) is 0 Å². The van der Waals surface area contributed by atoms with Gasteiger partial charge in [0.2, 0.25) is 15.9 Å². The van der Waals surface area contributed by atoms with E-state index < -0.39 is 21.7 Å². The quantitative estimate of drug-likeness (QED) is 0.656. The van der Waals surface area contributed by atoms with E-state index in [0.717, 1.165) is 35.0 Å². The van der Waals surface area contributed by atoms with Crippen LogP contribution < -0.4 is 5.32 Å². The number of rotatable bonds is 9. The van der Waals surface area contributed by atoms with Crippen LogP contribution in [0.2, 0.25) is 0 Å². The monoisotopic (exact) mass is 399 g/mol. The maximum atomic E-state index is 13.1. The summed E-state index contributed by atoms with van der Waals surface area (Å²) < 4.78 is 39.9. The highest BCUT2D eigenvalue weighted by molar-refractivity contribution is 7.89. The van der Waals surface area contributed by atoms with Crippen LogP contribution in [0.15, 0.2) is 34.5 Å². The minimum absolute atomic E-state index is 0.0340. The van der Waals surface area contributed by atoms with Crippen LogP contribution in [-0.4, -0.2) is 36.7 Å². The number of benzene rings is 1. The van der Waals surface area contributed by atoms with E-state index >= 15 is 0 Å². The first-order chi connectivity index (χ1) is 12.3. The first-order valence-electron chi connectivity index (χ1n) is 8.30. The number of carbonyl (C=O) groups is 1. The van der Waals surface area contributed by atoms with E-state index in [1.165, 1.54) is 23.5 Å². The van der Waals surface area contributed by atoms with Gasteiger partial charge in [-0.05, 0) is 37.6 Å². The van der Waals surface area contributed by atoms with E-state index in [9.17, 15) is 17.6 Å². The molecule has 0 aliphatic heterocycles. The summed E-state index contributed by atoms with van der Waals surface area (Å²) in [7, 11) is -3.89. The number of thiazole rings is 1. The van der Waals surface area contributed by atoms with Crippen LogP contribution in [-0.2, 0) is 14.8 Å². The van der Waals surface area contributed by atoms with Gasteiger partial charge in [-0.2, -0.15) is 4.31 Å². The largest absolute Gasteiger partial charge is 0.301 e. The van der Waals surface area contributed by atoms with Crippen LogP contribution in [0.4, 0.5) is 9.52 Å². The van der Waals surface area contributed by atoms with Crippen molar-refractivity contribution in [1.82, 2.24) is 9.29 Å². The number of sulfonamides is 1. The Morgan fingerprint density at radius 2 is 1.96 bits per heavy atom.